The van der Waals surface area contributed by atoms with Gasteiger partial charge in [0, 0.05) is 29.0 Å². The second-order valence-electron chi connectivity index (χ2n) is 6.32. The van der Waals surface area contributed by atoms with Crippen LogP contribution < -0.4 is 10.1 Å². The molecule has 4 rings (SSSR count). The van der Waals surface area contributed by atoms with E-state index in [1.54, 1.807) is 36.7 Å². The van der Waals surface area contributed by atoms with Gasteiger partial charge in [-0.3, -0.25) is 14.6 Å². The van der Waals surface area contributed by atoms with Crippen LogP contribution in [0.2, 0.25) is 10.0 Å². The molecular formula is C22H14Cl2N2O3S. The van der Waals surface area contributed by atoms with Crippen LogP contribution in [0, 0.1) is 0 Å². The van der Waals surface area contributed by atoms with Gasteiger partial charge in [-0.2, -0.15) is 0 Å². The summed E-state index contributed by atoms with van der Waals surface area (Å²) in [4.78, 5) is 29.4. The van der Waals surface area contributed by atoms with Crippen LogP contribution in [0.4, 0.5) is 5.69 Å². The Bertz CT molecular complexity index is 1240. The first-order valence-electron chi connectivity index (χ1n) is 8.85. The number of ketones is 1. The Labute approximate surface area is 186 Å². The van der Waals surface area contributed by atoms with Gasteiger partial charge in [0.25, 0.3) is 5.91 Å². The van der Waals surface area contributed by atoms with E-state index in [0.29, 0.717) is 10.6 Å². The lowest BCUT2D eigenvalue weighted by Crippen LogP contribution is -2.20. The Morgan fingerprint density at radius 2 is 1.90 bits per heavy atom. The minimum Gasteiger partial charge on any atom is -0.482 e. The van der Waals surface area contributed by atoms with Crippen LogP contribution in [-0.4, -0.2) is 23.3 Å². The lowest BCUT2D eigenvalue weighted by atomic mass is 10.1. The zero-order valence-corrected chi connectivity index (χ0v) is 17.7. The minimum atomic E-state index is -0.357. The summed E-state index contributed by atoms with van der Waals surface area (Å²) < 4.78 is 5.52. The molecule has 2 aromatic heterocycles. The van der Waals surface area contributed by atoms with E-state index in [-0.39, 0.29) is 39.7 Å². The highest BCUT2D eigenvalue weighted by Crippen LogP contribution is 2.36. The van der Waals surface area contributed by atoms with Gasteiger partial charge in [0.15, 0.2) is 6.61 Å². The van der Waals surface area contributed by atoms with Crippen LogP contribution in [0.25, 0.3) is 10.8 Å². The van der Waals surface area contributed by atoms with Crippen LogP contribution in [0.3, 0.4) is 0 Å². The maximum Gasteiger partial charge on any atom is 0.262 e. The van der Waals surface area contributed by atoms with E-state index in [2.05, 4.69) is 10.3 Å². The van der Waals surface area contributed by atoms with E-state index >= 15 is 0 Å². The Kier molecular flexibility index (Phi) is 5.99. The zero-order chi connectivity index (χ0) is 21.1. The Morgan fingerprint density at radius 1 is 1.03 bits per heavy atom. The fourth-order valence-corrected chi connectivity index (χ4v) is 4.00. The van der Waals surface area contributed by atoms with Crippen molar-refractivity contribution in [1.82, 2.24) is 4.98 Å². The molecule has 5 nitrogen and oxygen atoms in total. The molecule has 0 saturated heterocycles. The first kappa shape index (κ1) is 20.3. The second kappa shape index (κ2) is 8.83. The number of pyridine rings is 1. The summed E-state index contributed by atoms with van der Waals surface area (Å²) in [5.74, 6) is -0.349. The molecule has 0 unspecified atom stereocenters. The number of ether oxygens (including phenoxy) is 1. The number of hydrogen-bond donors (Lipinski definition) is 1. The fraction of sp³-hybridized carbons (Fsp3) is 0.0455. The van der Waals surface area contributed by atoms with Gasteiger partial charge < -0.3 is 10.1 Å². The van der Waals surface area contributed by atoms with Crippen molar-refractivity contribution in [3.8, 4) is 5.75 Å². The van der Waals surface area contributed by atoms with Gasteiger partial charge in [0.05, 0.1) is 9.90 Å². The third-order valence-electron chi connectivity index (χ3n) is 4.32. The van der Waals surface area contributed by atoms with Crippen LogP contribution >= 0.6 is 34.5 Å². The molecule has 0 spiro atoms. The van der Waals surface area contributed by atoms with E-state index in [9.17, 15) is 9.59 Å². The number of nitrogens with zero attached hydrogens (tertiary/aromatic N) is 1. The Balaban J connectivity index is 1.43. The molecule has 0 radical (unpaired) electrons. The number of carbonyl (C=O) groups excluding carboxylic acids is 2. The highest BCUT2D eigenvalue weighted by Gasteiger charge is 2.19. The second-order valence-corrected chi connectivity index (χ2v) is 8.02. The number of halogens is 2. The number of carbonyl (C=O) groups is 2. The van der Waals surface area contributed by atoms with Crippen LogP contribution in [0.1, 0.15) is 15.2 Å². The molecule has 0 aliphatic rings. The van der Waals surface area contributed by atoms with Gasteiger partial charge in [-0.1, -0.05) is 35.3 Å². The molecule has 0 saturated carbocycles. The molecule has 0 bridgehead atoms. The molecule has 0 aliphatic carbocycles. The van der Waals surface area contributed by atoms with Gasteiger partial charge >= 0.3 is 0 Å². The van der Waals surface area contributed by atoms with E-state index in [1.807, 2.05) is 23.6 Å². The van der Waals surface area contributed by atoms with Crippen LogP contribution in [0.15, 0.2) is 66.3 Å². The SMILES string of the molecule is O=C(COc1ccc(C(=O)c2cccs2)c(Cl)c1Cl)Nc1ccc2ccncc2c1. The minimum absolute atomic E-state index is 0.0867. The third kappa shape index (κ3) is 4.31. The normalized spacial score (nSPS) is 10.7. The molecule has 1 N–H and O–H groups in total. The van der Waals surface area contributed by atoms with Crippen LogP contribution in [-0.2, 0) is 4.79 Å². The maximum absolute atomic E-state index is 12.5. The molecule has 0 aliphatic heterocycles. The van der Waals surface area contributed by atoms with E-state index < -0.39 is 0 Å². The molecule has 150 valence electrons. The van der Waals surface area contributed by atoms with E-state index in [1.165, 1.54) is 17.4 Å². The van der Waals surface area contributed by atoms with Crippen molar-refractivity contribution in [2.24, 2.45) is 0 Å². The average molecular weight is 457 g/mol. The maximum atomic E-state index is 12.5. The highest BCUT2D eigenvalue weighted by molar-refractivity contribution is 7.12. The Hall–Kier alpha value is -2.93. The van der Waals surface area contributed by atoms with Crippen molar-refractivity contribution in [3.63, 3.8) is 0 Å². The monoisotopic (exact) mass is 456 g/mol. The summed E-state index contributed by atoms with van der Waals surface area (Å²) in [7, 11) is 0. The van der Waals surface area contributed by atoms with Gasteiger partial charge in [-0.25, -0.2) is 0 Å². The van der Waals surface area contributed by atoms with Gasteiger partial charge in [0.2, 0.25) is 5.78 Å². The smallest absolute Gasteiger partial charge is 0.262 e. The predicted octanol–water partition coefficient (Wildman–Crippen LogP) is 5.85. The number of benzene rings is 2. The molecule has 0 atom stereocenters. The lowest BCUT2D eigenvalue weighted by molar-refractivity contribution is -0.118. The number of anilines is 1. The summed E-state index contributed by atoms with van der Waals surface area (Å²) in [6, 6.07) is 14.0. The van der Waals surface area contributed by atoms with Crippen molar-refractivity contribution >= 4 is 62.7 Å². The fourth-order valence-electron chi connectivity index (χ4n) is 2.86. The zero-order valence-electron chi connectivity index (χ0n) is 15.4. The third-order valence-corrected chi connectivity index (χ3v) is 6.05. The molecular weight excluding hydrogens is 443 g/mol. The highest BCUT2D eigenvalue weighted by atomic mass is 35.5. The molecule has 1 amide bonds. The molecule has 0 fully saturated rings. The predicted molar refractivity (Wildman–Crippen MR) is 120 cm³/mol. The quantitative estimate of drug-likeness (QED) is 0.369. The topological polar surface area (TPSA) is 68.3 Å². The van der Waals surface area contributed by atoms with Crippen molar-refractivity contribution in [2.75, 3.05) is 11.9 Å². The summed E-state index contributed by atoms with van der Waals surface area (Å²) >= 11 is 13.9. The van der Waals surface area contributed by atoms with Crippen molar-refractivity contribution < 1.29 is 14.3 Å². The van der Waals surface area contributed by atoms with Crippen molar-refractivity contribution in [2.45, 2.75) is 0 Å². The van der Waals surface area contributed by atoms with Crippen LogP contribution in [0.5, 0.6) is 5.75 Å². The summed E-state index contributed by atoms with van der Waals surface area (Å²) in [6.45, 7) is -0.265. The van der Waals surface area contributed by atoms with E-state index in [4.69, 9.17) is 27.9 Å². The molecule has 2 aromatic carbocycles. The standard InChI is InChI=1S/C22H14Cl2N2O3S/c23-20-16(22(28)18-2-1-9-30-18)5-6-17(21(20)24)29-12-19(27)26-15-4-3-13-7-8-25-11-14(13)10-15/h1-11H,12H2,(H,26,27). The molecule has 30 heavy (non-hydrogen) atoms. The number of nitrogens with one attached hydrogen (secondary N) is 1. The van der Waals surface area contributed by atoms with Gasteiger partial charge in [-0.15, -0.1) is 11.3 Å². The van der Waals surface area contributed by atoms with Gasteiger partial charge in [0.1, 0.15) is 10.8 Å². The average Bonchev–Trinajstić information content (AvgIpc) is 3.29. The number of hydrogen-bond acceptors (Lipinski definition) is 5. The number of thiophene rings is 1. The van der Waals surface area contributed by atoms with Crippen molar-refractivity contribution in [3.05, 3.63) is 86.8 Å². The first-order valence-corrected chi connectivity index (χ1v) is 10.5. The number of amides is 1. The largest absolute Gasteiger partial charge is 0.482 e. The summed E-state index contributed by atoms with van der Waals surface area (Å²) in [5.41, 5.74) is 0.913. The molecule has 4 aromatic rings. The number of fused-ring (bicyclic) bond motifs is 1. The molecule has 8 heteroatoms. The Morgan fingerprint density at radius 3 is 2.70 bits per heavy atom. The first-order chi connectivity index (χ1) is 14.5. The number of rotatable bonds is 6. The van der Waals surface area contributed by atoms with Gasteiger partial charge in [-0.05, 0) is 47.2 Å². The molecule has 2 heterocycles. The van der Waals surface area contributed by atoms with E-state index in [0.717, 1.165) is 10.8 Å². The summed E-state index contributed by atoms with van der Waals surface area (Å²) in [5, 5.41) is 6.70. The number of aromatic nitrogens is 1. The lowest BCUT2D eigenvalue weighted by Gasteiger charge is -2.12. The summed E-state index contributed by atoms with van der Waals surface area (Å²) in [6.07, 6.45) is 3.44. The van der Waals surface area contributed by atoms with Crippen molar-refractivity contribution in [1.29, 1.82) is 0 Å².